The van der Waals surface area contributed by atoms with Crippen molar-refractivity contribution in [2.24, 2.45) is 5.16 Å². The molecule has 0 aliphatic rings. The van der Waals surface area contributed by atoms with Crippen molar-refractivity contribution in [3.8, 4) is 10.6 Å². The lowest BCUT2D eigenvalue weighted by molar-refractivity contribution is -0.126. The Morgan fingerprint density at radius 2 is 2.00 bits per heavy atom. The lowest BCUT2D eigenvalue weighted by Crippen LogP contribution is -2.26. The molecule has 0 bridgehead atoms. The van der Waals surface area contributed by atoms with E-state index in [1.165, 1.54) is 17.4 Å². The summed E-state index contributed by atoms with van der Waals surface area (Å²) in [7, 11) is 0. The monoisotopic (exact) mass is 397 g/mol. The van der Waals surface area contributed by atoms with Gasteiger partial charge >= 0.3 is 0 Å². The Hall–Kier alpha value is -3.06. The van der Waals surface area contributed by atoms with Crippen LogP contribution >= 0.6 is 11.3 Å². The minimum Gasteiger partial charge on any atom is -0.382 e. The van der Waals surface area contributed by atoms with Crippen LogP contribution in [-0.4, -0.2) is 22.7 Å². The summed E-state index contributed by atoms with van der Waals surface area (Å²) in [5.41, 5.74) is 3.18. The highest BCUT2D eigenvalue weighted by Gasteiger charge is 2.16. The third-order valence-corrected chi connectivity index (χ3v) is 4.94. The largest absolute Gasteiger partial charge is 0.382 e. The van der Waals surface area contributed by atoms with Crippen LogP contribution in [0.5, 0.6) is 0 Å². The molecule has 1 unspecified atom stereocenters. The summed E-state index contributed by atoms with van der Waals surface area (Å²) < 4.78 is 13.6. The number of amides is 1. The second-order valence-corrected chi connectivity index (χ2v) is 7.14. The highest BCUT2D eigenvalue weighted by atomic mass is 32.1. The van der Waals surface area contributed by atoms with Gasteiger partial charge in [-0.3, -0.25) is 4.79 Å². The Morgan fingerprint density at radius 1 is 1.25 bits per heavy atom. The summed E-state index contributed by atoms with van der Waals surface area (Å²) in [5.74, 6) is -0.791. The van der Waals surface area contributed by atoms with Gasteiger partial charge in [0, 0.05) is 16.6 Å². The molecule has 0 saturated carbocycles. The number of oxime groups is 1. The van der Waals surface area contributed by atoms with Crippen molar-refractivity contribution < 1.29 is 14.0 Å². The smallest absolute Gasteiger partial charge is 0.267 e. The molecule has 0 radical (unpaired) electrons. The van der Waals surface area contributed by atoms with Gasteiger partial charge < -0.3 is 10.2 Å². The Bertz CT molecular complexity index is 1000. The Balaban J connectivity index is 1.61. The normalized spacial score (nSPS) is 12.5. The molecule has 1 N–H and O–H groups in total. The molecule has 1 atom stereocenters. The van der Waals surface area contributed by atoms with E-state index < -0.39 is 12.0 Å². The molecule has 0 spiro atoms. The molecule has 3 rings (SSSR count). The van der Waals surface area contributed by atoms with E-state index in [-0.39, 0.29) is 5.82 Å². The van der Waals surface area contributed by atoms with Crippen LogP contribution in [0.15, 0.2) is 59.1 Å². The van der Waals surface area contributed by atoms with Gasteiger partial charge in [-0.05, 0) is 38.5 Å². The molecule has 2 aromatic carbocycles. The highest BCUT2D eigenvalue weighted by molar-refractivity contribution is 7.13. The quantitative estimate of drug-likeness (QED) is 0.469. The number of hydrogen-bond acceptors (Lipinski definition) is 5. The van der Waals surface area contributed by atoms with E-state index in [0.717, 1.165) is 10.6 Å². The first-order valence-corrected chi connectivity index (χ1v) is 9.61. The van der Waals surface area contributed by atoms with Crippen LogP contribution in [0.1, 0.15) is 25.1 Å². The number of nitrogens with zero attached hydrogens (tertiary/aromatic N) is 2. The molecular weight excluding hydrogens is 377 g/mol. The van der Waals surface area contributed by atoms with E-state index in [9.17, 15) is 9.18 Å². The van der Waals surface area contributed by atoms with Crippen molar-refractivity contribution in [1.82, 2.24) is 4.98 Å². The third kappa shape index (κ3) is 4.80. The first-order chi connectivity index (χ1) is 13.4. The Kier molecular flexibility index (Phi) is 6.16. The zero-order valence-electron chi connectivity index (χ0n) is 15.8. The maximum absolute atomic E-state index is 13.6. The van der Waals surface area contributed by atoms with E-state index in [4.69, 9.17) is 4.84 Å². The van der Waals surface area contributed by atoms with Gasteiger partial charge in [-0.1, -0.05) is 41.6 Å². The molecule has 1 aromatic heterocycles. The predicted octanol–water partition coefficient (Wildman–Crippen LogP) is 5.03. The number of thiazole rings is 1. The van der Waals surface area contributed by atoms with E-state index in [1.807, 2.05) is 35.7 Å². The fraction of sp³-hybridized carbons (Fsp3) is 0.190. The third-order valence-electron chi connectivity index (χ3n) is 4.05. The number of hydrogen-bond donors (Lipinski definition) is 1. The molecule has 144 valence electrons. The van der Waals surface area contributed by atoms with Gasteiger partial charge in [-0.2, -0.15) is 0 Å². The molecule has 0 aliphatic heterocycles. The van der Waals surface area contributed by atoms with Crippen LogP contribution < -0.4 is 5.32 Å². The summed E-state index contributed by atoms with van der Waals surface area (Å²) in [6.45, 7) is 5.00. The topological polar surface area (TPSA) is 63.6 Å². The van der Waals surface area contributed by atoms with Gasteiger partial charge in [0.05, 0.1) is 5.69 Å². The number of aryl methyl sites for hydroxylation is 1. The Labute approximate surface area is 166 Å². The standard InChI is InChI=1S/C21H20FN3O2S/c1-13-9-10-17(11-18(13)22)23-20(26)15(3)27-25-14(2)19-12-28-21(24-19)16-7-5-4-6-8-16/h4-12,15H,1-3H3,(H,23,26)/b25-14+. The predicted molar refractivity (Wildman–Crippen MR) is 110 cm³/mol. The minimum atomic E-state index is -0.841. The molecule has 0 aliphatic carbocycles. The van der Waals surface area contributed by atoms with E-state index >= 15 is 0 Å². The molecule has 0 saturated heterocycles. The number of halogens is 1. The number of carbonyl (C=O) groups is 1. The highest BCUT2D eigenvalue weighted by Crippen LogP contribution is 2.23. The number of carbonyl (C=O) groups excluding carboxylic acids is 1. The summed E-state index contributed by atoms with van der Waals surface area (Å²) in [4.78, 5) is 22.1. The maximum atomic E-state index is 13.6. The first-order valence-electron chi connectivity index (χ1n) is 8.73. The minimum absolute atomic E-state index is 0.372. The molecule has 28 heavy (non-hydrogen) atoms. The molecular formula is C21H20FN3O2S. The zero-order chi connectivity index (χ0) is 20.1. The average molecular weight is 397 g/mol. The summed E-state index contributed by atoms with van der Waals surface area (Å²) >= 11 is 1.51. The van der Waals surface area contributed by atoms with Crippen molar-refractivity contribution in [2.75, 3.05) is 5.32 Å². The van der Waals surface area contributed by atoms with Crippen molar-refractivity contribution in [3.63, 3.8) is 0 Å². The van der Waals surface area contributed by atoms with Crippen molar-refractivity contribution >= 4 is 28.6 Å². The average Bonchev–Trinajstić information content (AvgIpc) is 3.19. The van der Waals surface area contributed by atoms with Crippen LogP contribution in [0.25, 0.3) is 10.6 Å². The Morgan fingerprint density at radius 3 is 2.71 bits per heavy atom. The number of rotatable bonds is 6. The first kappa shape index (κ1) is 19.7. The fourth-order valence-corrected chi connectivity index (χ4v) is 3.19. The van der Waals surface area contributed by atoms with Gasteiger partial charge in [0.25, 0.3) is 5.91 Å². The van der Waals surface area contributed by atoms with Crippen LogP contribution in [0.3, 0.4) is 0 Å². The van der Waals surface area contributed by atoms with Crippen molar-refractivity contribution in [1.29, 1.82) is 0 Å². The SMILES string of the molecule is C/C(=N\OC(C)C(=O)Nc1ccc(C)c(F)c1)c1csc(-c2ccccc2)n1. The van der Waals surface area contributed by atoms with E-state index in [1.54, 1.807) is 32.9 Å². The van der Waals surface area contributed by atoms with E-state index in [2.05, 4.69) is 15.5 Å². The number of benzene rings is 2. The lowest BCUT2D eigenvalue weighted by Gasteiger charge is -2.11. The lowest BCUT2D eigenvalue weighted by atomic mass is 10.2. The fourth-order valence-electron chi connectivity index (χ4n) is 2.32. The number of anilines is 1. The van der Waals surface area contributed by atoms with Gasteiger partial charge in [-0.25, -0.2) is 9.37 Å². The molecule has 1 amide bonds. The maximum Gasteiger partial charge on any atom is 0.267 e. The van der Waals surface area contributed by atoms with Crippen LogP contribution in [0.4, 0.5) is 10.1 Å². The van der Waals surface area contributed by atoms with Crippen molar-refractivity contribution in [2.45, 2.75) is 26.9 Å². The molecule has 7 heteroatoms. The van der Waals surface area contributed by atoms with E-state index in [0.29, 0.717) is 22.7 Å². The van der Waals surface area contributed by atoms with Gasteiger partial charge in [0.15, 0.2) is 0 Å². The zero-order valence-corrected chi connectivity index (χ0v) is 16.6. The number of aromatic nitrogens is 1. The van der Waals surface area contributed by atoms with Crippen LogP contribution in [-0.2, 0) is 9.63 Å². The molecule has 0 fully saturated rings. The number of nitrogens with one attached hydrogen (secondary N) is 1. The summed E-state index contributed by atoms with van der Waals surface area (Å²) in [5, 5.41) is 9.41. The van der Waals surface area contributed by atoms with Crippen LogP contribution in [0.2, 0.25) is 0 Å². The summed E-state index contributed by atoms with van der Waals surface area (Å²) in [6.07, 6.45) is -0.841. The molecule has 1 heterocycles. The molecule has 3 aromatic rings. The summed E-state index contributed by atoms with van der Waals surface area (Å²) in [6, 6.07) is 14.4. The van der Waals surface area contributed by atoms with Gasteiger partial charge in [-0.15, -0.1) is 11.3 Å². The van der Waals surface area contributed by atoms with Gasteiger partial charge in [0.1, 0.15) is 16.5 Å². The van der Waals surface area contributed by atoms with Crippen LogP contribution in [0, 0.1) is 12.7 Å². The molecule has 5 nitrogen and oxygen atoms in total. The van der Waals surface area contributed by atoms with Crippen molar-refractivity contribution in [3.05, 3.63) is 71.0 Å². The second kappa shape index (κ2) is 8.75. The van der Waals surface area contributed by atoms with Gasteiger partial charge in [0.2, 0.25) is 6.10 Å². The second-order valence-electron chi connectivity index (χ2n) is 6.28.